The molecule has 0 radical (unpaired) electrons. The van der Waals surface area contributed by atoms with Crippen molar-refractivity contribution < 1.29 is 4.74 Å². The molecule has 3 rings (SSSR count). The molecule has 100 valence electrons. The molecule has 0 spiro atoms. The Bertz CT molecular complexity index is 580. The molecule has 0 fully saturated rings. The van der Waals surface area contributed by atoms with Gasteiger partial charge in [-0.05, 0) is 18.6 Å². The van der Waals surface area contributed by atoms with Crippen molar-refractivity contribution in [3.63, 3.8) is 0 Å². The van der Waals surface area contributed by atoms with Gasteiger partial charge >= 0.3 is 0 Å². The molecule has 5 heteroatoms. The molecule has 5 nitrogen and oxygen atoms in total. The first-order chi connectivity index (χ1) is 9.15. The van der Waals surface area contributed by atoms with Gasteiger partial charge in [-0.3, -0.25) is 4.68 Å². The van der Waals surface area contributed by atoms with Gasteiger partial charge in [-0.15, -0.1) is 0 Å². The molecular weight excluding hydrogens is 240 g/mol. The summed E-state index contributed by atoms with van der Waals surface area (Å²) in [5, 5.41) is 7.61. The molecule has 0 aliphatic carbocycles. The Morgan fingerprint density at radius 1 is 1.47 bits per heavy atom. The second-order valence-electron chi connectivity index (χ2n) is 4.90. The van der Waals surface area contributed by atoms with Gasteiger partial charge in [-0.25, -0.2) is 0 Å². The van der Waals surface area contributed by atoms with E-state index in [0.717, 1.165) is 30.2 Å². The van der Waals surface area contributed by atoms with Crippen LogP contribution in [-0.4, -0.2) is 22.4 Å². The van der Waals surface area contributed by atoms with Crippen LogP contribution in [0.25, 0.3) is 0 Å². The summed E-state index contributed by atoms with van der Waals surface area (Å²) in [5.74, 6) is 1.85. The van der Waals surface area contributed by atoms with Crippen molar-refractivity contribution in [2.45, 2.75) is 19.4 Å². The van der Waals surface area contributed by atoms with Gasteiger partial charge in [0.2, 0.25) is 0 Å². The van der Waals surface area contributed by atoms with Gasteiger partial charge in [0.1, 0.15) is 17.7 Å². The summed E-state index contributed by atoms with van der Waals surface area (Å²) in [7, 11) is 1.88. The van der Waals surface area contributed by atoms with Crippen molar-refractivity contribution in [1.82, 2.24) is 9.78 Å². The third kappa shape index (κ3) is 2.12. The first kappa shape index (κ1) is 11.9. The quantitative estimate of drug-likeness (QED) is 0.880. The molecule has 1 aliphatic heterocycles. The van der Waals surface area contributed by atoms with Crippen LogP contribution >= 0.6 is 0 Å². The number of ether oxygens (including phenoxy) is 1. The first-order valence-corrected chi connectivity index (χ1v) is 6.42. The maximum absolute atomic E-state index is 5.99. The highest BCUT2D eigenvalue weighted by molar-refractivity contribution is 5.64. The molecule has 0 saturated heterocycles. The number of anilines is 2. The van der Waals surface area contributed by atoms with Gasteiger partial charge < -0.3 is 15.8 Å². The average molecular weight is 258 g/mol. The minimum atomic E-state index is 0.145. The zero-order valence-corrected chi connectivity index (χ0v) is 11.2. The maximum Gasteiger partial charge on any atom is 0.147 e. The second kappa shape index (κ2) is 4.50. The van der Waals surface area contributed by atoms with E-state index in [2.05, 4.69) is 16.5 Å². The van der Waals surface area contributed by atoms with Crippen LogP contribution in [0.3, 0.4) is 0 Å². The van der Waals surface area contributed by atoms with Crippen LogP contribution in [0.15, 0.2) is 24.3 Å². The molecule has 1 atom stereocenters. The number of nitrogen functional groups attached to an aromatic ring is 1. The number of nitrogens with one attached hydrogen (secondary N) is 1. The van der Waals surface area contributed by atoms with Gasteiger partial charge in [-0.2, -0.15) is 5.10 Å². The van der Waals surface area contributed by atoms with Crippen LogP contribution in [0.4, 0.5) is 11.5 Å². The topological polar surface area (TPSA) is 65.1 Å². The highest BCUT2D eigenvalue weighted by Crippen LogP contribution is 2.28. The number of hydrogen-bond acceptors (Lipinski definition) is 4. The maximum atomic E-state index is 5.99. The van der Waals surface area contributed by atoms with Gasteiger partial charge in [-0.1, -0.05) is 18.2 Å². The minimum Gasteiger partial charge on any atom is -0.488 e. The molecule has 1 aromatic heterocycles. The number of nitrogens with zero attached hydrogens (tertiary/aromatic N) is 2. The van der Waals surface area contributed by atoms with E-state index in [9.17, 15) is 0 Å². The number of rotatable bonds is 3. The summed E-state index contributed by atoms with van der Waals surface area (Å²) in [5.41, 5.74) is 8.81. The fourth-order valence-electron chi connectivity index (χ4n) is 2.46. The zero-order chi connectivity index (χ0) is 13.4. The Morgan fingerprint density at radius 3 is 2.95 bits per heavy atom. The Hall–Kier alpha value is -2.17. The molecule has 3 N–H and O–H groups in total. The smallest absolute Gasteiger partial charge is 0.147 e. The summed E-state index contributed by atoms with van der Waals surface area (Å²) >= 11 is 0. The molecule has 2 aromatic rings. The Labute approximate surface area is 112 Å². The normalized spacial score (nSPS) is 17.1. The van der Waals surface area contributed by atoms with E-state index in [1.54, 1.807) is 4.68 Å². The number of aryl methyl sites for hydroxylation is 2. The summed E-state index contributed by atoms with van der Waals surface area (Å²) in [6.07, 6.45) is 1.08. The van der Waals surface area contributed by atoms with Gasteiger partial charge in [0.25, 0.3) is 0 Å². The standard InChI is InChI=1S/C14H18N4O/c1-9-13(15)14(18(2)17-9)16-8-11-7-10-5-3-4-6-12(10)19-11/h3-6,11,16H,7-8,15H2,1-2H3. The van der Waals surface area contributed by atoms with E-state index in [1.807, 2.05) is 32.2 Å². The third-order valence-electron chi connectivity index (χ3n) is 3.48. The Morgan fingerprint density at radius 2 is 2.26 bits per heavy atom. The van der Waals surface area contributed by atoms with Crippen LogP contribution in [0.1, 0.15) is 11.3 Å². The molecule has 1 aliphatic rings. The molecular formula is C14H18N4O. The van der Waals surface area contributed by atoms with E-state index in [4.69, 9.17) is 10.5 Å². The monoisotopic (exact) mass is 258 g/mol. The fourth-order valence-corrected chi connectivity index (χ4v) is 2.46. The predicted molar refractivity (Wildman–Crippen MR) is 75.4 cm³/mol. The summed E-state index contributed by atoms with van der Waals surface area (Å²) in [6, 6.07) is 8.16. The Balaban J connectivity index is 1.66. The Kier molecular flexibility index (Phi) is 2.81. The van der Waals surface area contributed by atoms with Crippen molar-refractivity contribution in [1.29, 1.82) is 0 Å². The number of hydrogen-bond donors (Lipinski definition) is 2. The van der Waals surface area contributed by atoms with Crippen LogP contribution in [-0.2, 0) is 13.5 Å². The van der Waals surface area contributed by atoms with Crippen molar-refractivity contribution >= 4 is 11.5 Å². The van der Waals surface area contributed by atoms with E-state index in [-0.39, 0.29) is 6.10 Å². The molecule has 1 unspecified atom stereocenters. The largest absolute Gasteiger partial charge is 0.488 e. The molecule has 2 heterocycles. The fraction of sp³-hybridized carbons (Fsp3) is 0.357. The SMILES string of the molecule is Cc1nn(C)c(NCC2Cc3ccccc3O2)c1N. The number of benzene rings is 1. The lowest BCUT2D eigenvalue weighted by molar-refractivity contribution is 0.246. The molecule has 1 aromatic carbocycles. The van der Waals surface area contributed by atoms with Gasteiger partial charge in [0, 0.05) is 13.5 Å². The minimum absolute atomic E-state index is 0.145. The van der Waals surface area contributed by atoms with Crippen LogP contribution in [0, 0.1) is 6.92 Å². The molecule has 0 amide bonds. The van der Waals surface area contributed by atoms with Crippen LogP contribution in [0.2, 0.25) is 0 Å². The second-order valence-corrected chi connectivity index (χ2v) is 4.90. The zero-order valence-electron chi connectivity index (χ0n) is 11.2. The summed E-state index contributed by atoms with van der Waals surface area (Å²) < 4.78 is 7.65. The third-order valence-corrected chi connectivity index (χ3v) is 3.48. The average Bonchev–Trinajstić information content (AvgIpc) is 2.90. The van der Waals surface area contributed by atoms with E-state index in [1.165, 1.54) is 5.56 Å². The van der Waals surface area contributed by atoms with E-state index < -0.39 is 0 Å². The van der Waals surface area contributed by atoms with Gasteiger partial charge in [0.05, 0.1) is 17.9 Å². The summed E-state index contributed by atoms with van der Waals surface area (Å²) in [6.45, 7) is 2.63. The van der Waals surface area contributed by atoms with Crippen molar-refractivity contribution in [2.75, 3.05) is 17.6 Å². The molecule has 0 saturated carbocycles. The highest BCUT2D eigenvalue weighted by atomic mass is 16.5. The number of aromatic nitrogens is 2. The predicted octanol–water partition coefficient (Wildman–Crippen LogP) is 1.73. The van der Waals surface area contributed by atoms with E-state index >= 15 is 0 Å². The van der Waals surface area contributed by atoms with Crippen molar-refractivity contribution in [3.8, 4) is 5.75 Å². The first-order valence-electron chi connectivity index (χ1n) is 6.42. The number of fused-ring (bicyclic) bond motifs is 1. The number of para-hydroxylation sites is 1. The lowest BCUT2D eigenvalue weighted by Crippen LogP contribution is -2.25. The van der Waals surface area contributed by atoms with Gasteiger partial charge in [0.15, 0.2) is 0 Å². The van der Waals surface area contributed by atoms with Crippen LogP contribution in [0.5, 0.6) is 5.75 Å². The lowest BCUT2D eigenvalue weighted by Gasteiger charge is -2.13. The van der Waals surface area contributed by atoms with Crippen molar-refractivity contribution in [2.24, 2.45) is 7.05 Å². The van der Waals surface area contributed by atoms with Crippen LogP contribution < -0.4 is 15.8 Å². The summed E-state index contributed by atoms with van der Waals surface area (Å²) in [4.78, 5) is 0. The highest BCUT2D eigenvalue weighted by Gasteiger charge is 2.22. The molecule has 0 bridgehead atoms. The lowest BCUT2D eigenvalue weighted by atomic mass is 10.1. The van der Waals surface area contributed by atoms with E-state index in [0.29, 0.717) is 5.69 Å². The molecule has 19 heavy (non-hydrogen) atoms. The van der Waals surface area contributed by atoms with Crippen molar-refractivity contribution in [3.05, 3.63) is 35.5 Å². The number of nitrogens with two attached hydrogens (primary N) is 1.